The minimum atomic E-state index is -3.84. The number of hydrogen-bond acceptors (Lipinski definition) is 4. The lowest BCUT2D eigenvalue weighted by molar-refractivity contribution is 0.192. The van der Waals surface area contributed by atoms with Crippen molar-refractivity contribution in [1.29, 1.82) is 0 Å². The molecule has 0 aliphatic rings. The molecule has 19 heavy (non-hydrogen) atoms. The van der Waals surface area contributed by atoms with Crippen molar-refractivity contribution in [2.45, 2.75) is 17.9 Å². The maximum absolute atomic E-state index is 13.0. The van der Waals surface area contributed by atoms with Gasteiger partial charge in [-0.15, -0.1) is 0 Å². The van der Waals surface area contributed by atoms with Gasteiger partial charge in [-0.1, -0.05) is 11.6 Å². The van der Waals surface area contributed by atoms with Gasteiger partial charge < -0.3 is 10.4 Å². The summed E-state index contributed by atoms with van der Waals surface area (Å²) in [6.45, 7) is 2.44. The first-order chi connectivity index (χ1) is 8.83. The highest BCUT2D eigenvalue weighted by Gasteiger charge is 2.18. The van der Waals surface area contributed by atoms with Gasteiger partial charge in [-0.3, -0.25) is 0 Å². The van der Waals surface area contributed by atoms with E-state index in [-0.39, 0.29) is 16.5 Å². The molecule has 1 atom stereocenters. The first-order valence-electron chi connectivity index (χ1n) is 5.66. The van der Waals surface area contributed by atoms with Crippen molar-refractivity contribution in [2.75, 3.05) is 19.6 Å². The Balaban J connectivity index is 2.59. The van der Waals surface area contributed by atoms with Crippen molar-refractivity contribution >= 4 is 21.6 Å². The maximum atomic E-state index is 13.0. The molecule has 3 N–H and O–H groups in total. The normalized spacial score (nSPS) is 13.5. The number of aliphatic hydroxyl groups is 1. The molecule has 0 radical (unpaired) electrons. The SMILES string of the molecule is CC(O)CNCCNS(=O)(=O)c1cc(F)ccc1Cl. The van der Waals surface area contributed by atoms with Crippen LogP contribution in [0.4, 0.5) is 4.39 Å². The van der Waals surface area contributed by atoms with Gasteiger partial charge in [0.15, 0.2) is 0 Å². The van der Waals surface area contributed by atoms with Gasteiger partial charge in [0.1, 0.15) is 10.7 Å². The standard InChI is InChI=1S/C11H16ClFN2O3S/c1-8(16)7-14-4-5-15-19(17,18)11-6-9(13)2-3-10(11)12/h2-3,6,8,14-16H,4-5,7H2,1H3. The van der Waals surface area contributed by atoms with E-state index in [0.29, 0.717) is 13.1 Å². The minimum Gasteiger partial charge on any atom is -0.392 e. The quantitative estimate of drug-likeness (QED) is 0.649. The summed E-state index contributed by atoms with van der Waals surface area (Å²) in [6, 6.07) is 3.15. The monoisotopic (exact) mass is 310 g/mol. The van der Waals surface area contributed by atoms with Gasteiger partial charge in [-0.25, -0.2) is 17.5 Å². The molecule has 0 bridgehead atoms. The molecule has 108 valence electrons. The van der Waals surface area contributed by atoms with Gasteiger partial charge in [0.05, 0.1) is 11.1 Å². The summed E-state index contributed by atoms with van der Waals surface area (Å²) in [5, 5.41) is 11.8. The Labute approximate surface area is 116 Å². The lowest BCUT2D eigenvalue weighted by Gasteiger charge is -2.10. The molecule has 0 aromatic heterocycles. The number of rotatable bonds is 7. The van der Waals surface area contributed by atoms with Crippen LogP contribution in [0.15, 0.2) is 23.1 Å². The van der Waals surface area contributed by atoms with Crippen LogP contribution < -0.4 is 10.0 Å². The first kappa shape index (κ1) is 16.3. The van der Waals surface area contributed by atoms with Crippen LogP contribution in [0.25, 0.3) is 0 Å². The van der Waals surface area contributed by atoms with E-state index in [2.05, 4.69) is 10.0 Å². The van der Waals surface area contributed by atoms with Crippen LogP contribution in [0, 0.1) is 5.82 Å². The topological polar surface area (TPSA) is 78.4 Å². The Kier molecular flexibility index (Phi) is 6.15. The molecule has 0 saturated carbocycles. The van der Waals surface area contributed by atoms with Gasteiger partial charge >= 0.3 is 0 Å². The van der Waals surface area contributed by atoms with E-state index in [9.17, 15) is 12.8 Å². The number of hydrogen-bond donors (Lipinski definition) is 3. The summed E-state index contributed by atoms with van der Waals surface area (Å²) in [4.78, 5) is -0.287. The van der Waals surface area contributed by atoms with Crippen molar-refractivity contribution in [1.82, 2.24) is 10.0 Å². The lowest BCUT2D eigenvalue weighted by Crippen LogP contribution is -2.34. The van der Waals surface area contributed by atoms with Gasteiger partial charge in [0.25, 0.3) is 0 Å². The first-order valence-corrected chi connectivity index (χ1v) is 7.52. The molecule has 0 aliphatic heterocycles. The molecular weight excluding hydrogens is 295 g/mol. The number of benzene rings is 1. The summed E-state index contributed by atoms with van der Waals surface area (Å²) in [7, 11) is -3.84. The van der Waals surface area contributed by atoms with E-state index >= 15 is 0 Å². The Bertz CT molecular complexity index is 523. The molecule has 0 amide bonds. The summed E-state index contributed by atoms with van der Waals surface area (Å²) >= 11 is 5.73. The highest BCUT2D eigenvalue weighted by Crippen LogP contribution is 2.21. The fraction of sp³-hybridized carbons (Fsp3) is 0.455. The molecule has 0 fully saturated rings. The molecule has 1 aromatic rings. The second-order valence-electron chi connectivity index (χ2n) is 4.03. The third-order valence-electron chi connectivity index (χ3n) is 2.22. The lowest BCUT2D eigenvalue weighted by atomic mass is 10.3. The molecular formula is C11H16ClFN2O3S. The van der Waals surface area contributed by atoms with Gasteiger partial charge in [-0.05, 0) is 25.1 Å². The highest BCUT2D eigenvalue weighted by molar-refractivity contribution is 7.89. The van der Waals surface area contributed by atoms with Crippen LogP contribution >= 0.6 is 11.6 Å². The van der Waals surface area contributed by atoms with Gasteiger partial charge in [-0.2, -0.15) is 0 Å². The van der Waals surface area contributed by atoms with E-state index in [1.54, 1.807) is 6.92 Å². The Morgan fingerprint density at radius 1 is 1.42 bits per heavy atom. The molecule has 1 unspecified atom stereocenters. The Morgan fingerprint density at radius 3 is 2.74 bits per heavy atom. The van der Waals surface area contributed by atoms with E-state index in [1.807, 2.05) is 0 Å². The molecule has 1 aromatic carbocycles. The van der Waals surface area contributed by atoms with Crippen LogP contribution in [0.3, 0.4) is 0 Å². The van der Waals surface area contributed by atoms with E-state index in [4.69, 9.17) is 16.7 Å². The summed E-state index contributed by atoms with van der Waals surface area (Å²) in [6.07, 6.45) is -0.505. The number of nitrogens with one attached hydrogen (secondary N) is 2. The maximum Gasteiger partial charge on any atom is 0.242 e. The van der Waals surface area contributed by atoms with E-state index < -0.39 is 21.9 Å². The second kappa shape index (κ2) is 7.16. The van der Waals surface area contributed by atoms with Crippen molar-refractivity contribution in [2.24, 2.45) is 0 Å². The van der Waals surface area contributed by atoms with Crippen molar-refractivity contribution in [3.05, 3.63) is 29.0 Å². The zero-order valence-electron chi connectivity index (χ0n) is 10.4. The van der Waals surface area contributed by atoms with E-state index in [1.165, 1.54) is 6.07 Å². The Hall–Kier alpha value is -0.730. The number of halogens is 2. The fourth-order valence-corrected chi connectivity index (χ4v) is 2.89. The molecule has 0 heterocycles. The minimum absolute atomic E-state index is 0.0363. The highest BCUT2D eigenvalue weighted by atomic mass is 35.5. The van der Waals surface area contributed by atoms with Crippen molar-refractivity contribution in [3.8, 4) is 0 Å². The Morgan fingerprint density at radius 2 is 2.11 bits per heavy atom. The van der Waals surface area contributed by atoms with Crippen molar-refractivity contribution < 1.29 is 17.9 Å². The predicted molar refractivity (Wildman–Crippen MR) is 71.1 cm³/mol. The van der Waals surface area contributed by atoms with Gasteiger partial charge in [0, 0.05) is 19.6 Å². The molecule has 5 nitrogen and oxygen atoms in total. The zero-order valence-corrected chi connectivity index (χ0v) is 11.9. The zero-order chi connectivity index (χ0) is 14.5. The molecule has 0 saturated heterocycles. The predicted octanol–water partition coefficient (Wildman–Crippen LogP) is 0.728. The van der Waals surface area contributed by atoms with E-state index in [0.717, 1.165) is 12.1 Å². The molecule has 8 heteroatoms. The number of aliphatic hydroxyl groups excluding tert-OH is 1. The molecule has 1 rings (SSSR count). The largest absolute Gasteiger partial charge is 0.392 e. The van der Waals surface area contributed by atoms with Crippen LogP contribution in [0.1, 0.15) is 6.92 Å². The fourth-order valence-electron chi connectivity index (χ4n) is 1.35. The smallest absolute Gasteiger partial charge is 0.242 e. The second-order valence-corrected chi connectivity index (χ2v) is 6.17. The third kappa shape index (κ3) is 5.42. The molecule has 0 spiro atoms. The van der Waals surface area contributed by atoms with Gasteiger partial charge in [0.2, 0.25) is 10.0 Å². The van der Waals surface area contributed by atoms with Crippen LogP contribution in [-0.2, 0) is 10.0 Å². The van der Waals surface area contributed by atoms with Crippen LogP contribution in [-0.4, -0.2) is 39.3 Å². The average molecular weight is 311 g/mol. The van der Waals surface area contributed by atoms with Crippen LogP contribution in [0.5, 0.6) is 0 Å². The average Bonchev–Trinajstić information content (AvgIpc) is 2.31. The van der Waals surface area contributed by atoms with Crippen LogP contribution in [0.2, 0.25) is 5.02 Å². The molecule has 0 aliphatic carbocycles. The van der Waals surface area contributed by atoms with Crippen molar-refractivity contribution in [3.63, 3.8) is 0 Å². The summed E-state index contributed by atoms with van der Waals surface area (Å²) < 4.78 is 39.0. The third-order valence-corrected chi connectivity index (χ3v) is 4.16. The summed E-state index contributed by atoms with van der Waals surface area (Å²) in [5.41, 5.74) is 0. The number of sulfonamides is 1. The summed E-state index contributed by atoms with van der Waals surface area (Å²) in [5.74, 6) is -0.669.